The Bertz CT molecular complexity index is 472. The molecule has 7 heteroatoms. The number of benzene rings is 1. The van der Waals surface area contributed by atoms with E-state index in [2.05, 4.69) is 0 Å². The molecule has 1 amide bonds. The van der Waals surface area contributed by atoms with Crippen molar-refractivity contribution >= 4 is 17.3 Å². The second-order valence-electron chi connectivity index (χ2n) is 4.48. The highest BCUT2D eigenvalue weighted by molar-refractivity contribution is 5.99. The molecule has 0 aliphatic heterocycles. The first-order valence-electron chi connectivity index (χ1n) is 5.64. The van der Waals surface area contributed by atoms with Crippen LogP contribution in [0, 0.1) is 0 Å². The highest BCUT2D eigenvalue weighted by Gasteiger charge is 2.33. The van der Waals surface area contributed by atoms with Crippen LogP contribution >= 0.6 is 0 Å². The van der Waals surface area contributed by atoms with Crippen molar-refractivity contribution in [2.45, 2.75) is 26.1 Å². The first-order chi connectivity index (χ1) is 8.61. The number of halogens is 3. The number of nitrogens with two attached hydrogens (primary N) is 2. The topological polar surface area (TPSA) is 72.3 Å². The van der Waals surface area contributed by atoms with Crippen LogP contribution in [0.4, 0.5) is 24.5 Å². The lowest BCUT2D eigenvalue weighted by atomic mass is 10.1. The number of rotatable bonds is 4. The molecule has 19 heavy (non-hydrogen) atoms. The summed E-state index contributed by atoms with van der Waals surface area (Å²) in [5, 5.41) is 0. The van der Waals surface area contributed by atoms with Gasteiger partial charge < -0.3 is 16.4 Å². The van der Waals surface area contributed by atoms with Crippen molar-refractivity contribution < 1.29 is 18.0 Å². The van der Waals surface area contributed by atoms with E-state index < -0.39 is 24.7 Å². The van der Waals surface area contributed by atoms with Crippen molar-refractivity contribution in [3.05, 3.63) is 23.8 Å². The fraction of sp³-hybridized carbons (Fsp3) is 0.417. The van der Waals surface area contributed by atoms with Gasteiger partial charge in [0.25, 0.3) is 5.91 Å². The summed E-state index contributed by atoms with van der Waals surface area (Å²) in [6, 6.07) is 3.65. The molecule has 0 fully saturated rings. The molecule has 4 nitrogen and oxygen atoms in total. The number of carbonyl (C=O) groups excluding carboxylic acids is 1. The van der Waals surface area contributed by atoms with Gasteiger partial charge in [-0.25, -0.2) is 0 Å². The molecule has 1 aromatic rings. The Morgan fingerprint density at radius 2 is 1.95 bits per heavy atom. The number of hydrogen-bond donors (Lipinski definition) is 2. The quantitative estimate of drug-likeness (QED) is 0.827. The first kappa shape index (κ1) is 15.1. The van der Waals surface area contributed by atoms with E-state index in [-0.39, 0.29) is 16.9 Å². The fourth-order valence-corrected chi connectivity index (χ4v) is 1.74. The van der Waals surface area contributed by atoms with Gasteiger partial charge in [0, 0.05) is 11.7 Å². The van der Waals surface area contributed by atoms with Crippen LogP contribution in [0.2, 0.25) is 0 Å². The zero-order valence-corrected chi connectivity index (χ0v) is 10.7. The number of alkyl halides is 3. The predicted octanol–water partition coefficient (Wildman–Crippen LogP) is 2.14. The number of hydrogen-bond acceptors (Lipinski definition) is 3. The summed E-state index contributed by atoms with van der Waals surface area (Å²) < 4.78 is 37.7. The number of amides is 1. The third kappa shape index (κ3) is 4.04. The molecular formula is C12H16F3N3O. The van der Waals surface area contributed by atoms with Crippen LogP contribution in [0.3, 0.4) is 0 Å². The van der Waals surface area contributed by atoms with Gasteiger partial charge in [-0.1, -0.05) is 0 Å². The molecule has 1 rings (SSSR count). The Labute approximate surface area is 109 Å². The minimum Gasteiger partial charge on any atom is -0.399 e. The van der Waals surface area contributed by atoms with Crippen LogP contribution in [0.25, 0.3) is 0 Å². The van der Waals surface area contributed by atoms with Gasteiger partial charge in [0.05, 0.1) is 11.3 Å². The summed E-state index contributed by atoms with van der Waals surface area (Å²) >= 11 is 0. The molecule has 1 aromatic carbocycles. The summed E-state index contributed by atoms with van der Waals surface area (Å²) in [6.07, 6.45) is -4.37. The molecule has 0 heterocycles. The Morgan fingerprint density at radius 1 is 1.37 bits per heavy atom. The Hall–Kier alpha value is -1.92. The van der Waals surface area contributed by atoms with Crippen LogP contribution < -0.4 is 16.4 Å². The number of anilines is 2. The number of nitrogens with zero attached hydrogens (tertiary/aromatic N) is 1. The minimum atomic E-state index is -4.37. The molecule has 0 bridgehead atoms. The number of nitrogen functional groups attached to an aromatic ring is 1. The van der Waals surface area contributed by atoms with Crippen molar-refractivity contribution in [1.29, 1.82) is 0 Å². The van der Waals surface area contributed by atoms with E-state index in [9.17, 15) is 18.0 Å². The lowest BCUT2D eigenvalue weighted by Crippen LogP contribution is -2.40. The van der Waals surface area contributed by atoms with E-state index in [0.717, 1.165) is 4.90 Å². The smallest absolute Gasteiger partial charge is 0.399 e. The van der Waals surface area contributed by atoms with Crippen LogP contribution in [-0.4, -0.2) is 24.7 Å². The maximum absolute atomic E-state index is 12.6. The largest absolute Gasteiger partial charge is 0.405 e. The van der Waals surface area contributed by atoms with Gasteiger partial charge in [0.1, 0.15) is 6.54 Å². The molecule has 0 saturated heterocycles. The fourth-order valence-electron chi connectivity index (χ4n) is 1.74. The second-order valence-corrected chi connectivity index (χ2v) is 4.48. The van der Waals surface area contributed by atoms with Crippen molar-refractivity contribution in [1.82, 2.24) is 0 Å². The molecular weight excluding hydrogens is 259 g/mol. The monoisotopic (exact) mass is 275 g/mol. The summed E-state index contributed by atoms with van der Waals surface area (Å²) in [7, 11) is 0. The standard InChI is InChI=1S/C12H16F3N3O/c1-7(2)18(6-12(13,14)15)10-4-3-8(16)5-9(10)11(17)19/h3-5,7H,6,16H2,1-2H3,(H2,17,19). The van der Waals surface area contributed by atoms with Gasteiger partial charge in [-0.05, 0) is 32.0 Å². The van der Waals surface area contributed by atoms with Crippen molar-refractivity contribution in [3.63, 3.8) is 0 Å². The van der Waals surface area contributed by atoms with E-state index in [1.54, 1.807) is 13.8 Å². The third-order valence-electron chi connectivity index (χ3n) is 2.57. The molecule has 0 atom stereocenters. The first-order valence-corrected chi connectivity index (χ1v) is 5.64. The third-order valence-corrected chi connectivity index (χ3v) is 2.57. The van der Waals surface area contributed by atoms with Crippen LogP contribution in [0.15, 0.2) is 18.2 Å². The molecule has 0 aliphatic carbocycles. The van der Waals surface area contributed by atoms with E-state index in [1.165, 1.54) is 18.2 Å². The molecule has 4 N–H and O–H groups in total. The highest BCUT2D eigenvalue weighted by Crippen LogP contribution is 2.28. The van der Waals surface area contributed by atoms with Crippen LogP contribution in [0.1, 0.15) is 24.2 Å². The average molecular weight is 275 g/mol. The van der Waals surface area contributed by atoms with Crippen LogP contribution in [-0.2, 0) is 0 Å². The van der Waals surface area contributed by atoms with Crippen molar-refractivity contribution in [2.24, 2.45) is 5.73 Å². The van der Waals surface area contributed by atoms with Gasteiger partial charge in [-0.2, -0.15) is 13.2 Å². The van der Waals surface area contributed by atoms with Crippen molar-refractivity contribution in [3.8, 4) is 0 Å². The molecule has 0 radical (unpaired) electrons. The van der Waals surface area contributed by atoms with E-state index in [4.69, 9.17) is 11.5 Å². The van der Waals surface area contributed by atoms with Gasteiger partial charge in [0.15, 0.2) is 0 Å². The molecule has 0 aliphatic rings. The average Bonchev–Trinajstić information content (AvgIpc) is 2.24. The summed E-state index contributed by atoms with van der Waals surface area (Å²) in [6.45, 7) is 2.05. The minimum absolute atomic E-state index is 0.0158. The SMILES string of the molecule is CC(C)N(CC(F)(F)F)c1ccc(N)cc1C(N)=O. The Morgan fingerprint density at radius 3 is 2.37 bits per heavy atom. The lowest BCUT2D eigenvalue weighted by molar-refractivity contribution is -0.120. The zero-order chi connectivity index (χ0) is 14.8. The molecule has 0 spiro atoms. The zero-order valence-electron chi connectivity index (χ0n) is 10.7. The van der Waals surface area contributed by atoms with E-state index in [0.29, 0.717) is 0 Å². The Kier molecular flexibility index (Phi) is 4.28. The summed E-state index contributed by atoms with van der Waals surface area (Å²) in [5.74, 6) is -0.810. The molecule has 0 aromatic heterocycles. The molecule has 0 saturated carbocycles. The molecule has 106 valence electrons. The Balaban J connectivity index is 3.27. The maximum Gasteiger partial charge on any atom is 0.405 e. The van der Waals surface area contributed by atoms with Gasteiger partial charge in [-0.3, -0.25) is 4.79 Å². The van der Waals surface area contributed by atoms with Gasteiger partial charge >= 0.3 is 6.18 Å². The second kappa shape index (κ2) is 5.38. The van der Waals surface area contributed by atoms with Crippen molar-refractivity contribution in [2.75, 3.05) is 17.2 Å². The maximum atomic E-state index is 12.6. The highest BCUT2D eigenvalue weighted by atomic mass is 19.4. The normalized spacial score (nSPS) is 11.7. The van der Waals surface area contributed by atoms with Gasteiger partial charge in [-0.15, -0.1) is 0 Å². The molecule has 0 unspecified atom stereocenters. The number of primary amides is 1. The summed E-state index contributed by atoms with van der Waals surface area (Å²) in [4.78, 5) is 12.4. The van der Waals surface area contributed by atoms with E-state index >= 15 is 0 Å². The van der Waals surface area contributed by atoms with Gasteiger partial charge in [0.2, 0.25) is 0 Å². The van der Waals surface area contributed by atoms with E-state index in [1.807, 2.05) is 0 Å². The van der Waals surface area contributed by atoms with Crippen LogP contribution in [0.5, 0.6) is 0 Å². The number of carbonyl (C=O) groups is 1. The predicted molar refractivity (Wildman–Crippen MR) is 67.9 cm³/mol. The lowest BCUT2D eigenvalue weighted by Gasteiger charge is -2.31. The summed E-state index contributed by atoms with van der Waals surface area (Å²) in [5.41, 5.74) is 11.1.